The molecule has 2 aromatic rings. The van der Waals surface area contributed by atoms with Gasteiger partial charge in [0.05, 0.1) is 0 Å². The van der Waals surface area contributed by atoms with Gasteiger partial charge in [-0.05, 0) is 24.1 Å². The first-order chi connectivity index (χ1) is 10.8. The fourth-order valence-electron chi connectivity index (χ4n) is 2.65. The predicted molar refractivity (Wildman–Crippen MR) is 89.2 cm³/mol. The van der Waals surface area contributed by atoms with E-state index >= 15 is 0 Å². The van der Waals surface area contributed by atoms with Gasteiger partial charge in [-0.3, -0.25) is 4.79 Å². The van der Waals surface area contributed by atoms with Gasteiger partial charge in [0.15, 0.2) is 5.13 Å². The van der Waals surface area contributed by atoms with Crippen LogP contribution >= 0.6 is 11.3 Å². The molecule has 1 aliphatic heterocycles. The van der Waals surface area contributed by atoms with Gasteiger partial charge in [0.2, 0.25) is 0 Å². The number of benzene rings is 1. The monoisotopic (exact) mass is 316 g/mol. The third-order valence-corrected chi connectivity index (χ3v) is 4.74. The standard InChI is InChI=1S/C16H20N4OS/c17-12-13-2-4-14(5-3-13)15(21)19-7-1-8-20(10-9-19)16-18-6-11-22-16/h2-6,11H,1,7-10,12,17H2. The van der Waals surface area contributed by atoms with Crippen molar-refractivity contribution in [1.82, 2.24) is 9.88 Å². The lowest BCUT2D eigenvalue weighted by Gasteiger charge is -2.21. The Labute approximate surface area is 134 Å². The third-order valence-electron chi connectivity index (χ3n) is 3.91. The molecule has 0 radical (unpaired) electrons. The van der Waals surface area contributed by atoms with Crippen LogP contribution in [-0.4, -0.2) is 42.0 Å². The van der Waals surface area contributed by atoms with E-state index in [4.69, 9.17) is 5.73 Å². The molecule has 6 heteroatoms. The number of carbonyl (C=O) groups excluding carboxylic acids is 1. The van der Waals surface area contributed by atoms with Crippen molar-refractivity contribution < 1.29 is 4.79 Å². The summed E-state index contributed by atoms with van der Waals surface area (Å²) < 4.78 is 0. The highest BCUT2D eigenvalue weighted by atomic mass is 32.1. The average Bonchev–Trinajstić information content (AvgIpc) is 2.99. The molecule has 1 aliphatic rings. The minimum Gasteiger partial charge on any atom is -0.346 e. The van der Waals surface area contributed by atoms with Crippen molar-refractivity contribution in [1.29, 1.82) is 0 Å². The Morgan fingerprint density at radius 2 is 2.00 bits per heavy atom. The summed E-state index contributed by atoms with van der Waals surface area (Å²) in [7, 11) is 0. The van der Waals surface area contributed by atoms with E-state index in [1.807, 2.05) is 40.7 Å². The zero-order valence-corrected chi connectivity index (χ0v) is 13.3. The molecule has 2 N–H and O–H groups in total. The van der Waals surface area contributed by atoms with Crippen LogP contribution in [0.2, 0.25) is 0 Å². The number of nitrogens with zero attached hydrogens (tertiary/aromatic N) is 3. The summed E-state index contributed by atoms with van der Waals surface area (Å²) in [5.74, 6) is 0.101. The van der Waals surface area contributed by atoms with Gasteiger partial charge in [-0.1, -0.05) is 12.1 Å². The lowest BCUT2D eigenvalue weighted by molar-refractivity contribution is 0.0767. The van der Waals surface area contributed by atoms with E-state index in [1.54, 1.807) is 11.3 Å². The fraction of sp³-hybridized carbons (Fsp3) is 0.375. The Kier molecular flexibility index (Phi) is 4.70. The molecule has 1 fully saturated rings. The quantitative estimate of drug-likeness (QED) is 0.940. The molecule has 0 unspecified atom stereocenters. The maximum Gasteiger partial charge on any atom is 0.253 e. The SMILES string of the molecule is NCc1ccc(C(=O)N2CCCN(c3nccs3)CC2)cc1. The molecule has 22 heavy (non-hydrogen) atoms. The number of carbonyl (C=O) groups is 1. The molecule has 0 spiro atoms. The number of anilines is 1. The average molecular weight is 316 g/mol. The molecule has 0 saturated carbocycles. The second-order valence-electron chi connectivity index (χ2n) is 5.35. The van der Waals surface area contributed by atoms with E-state index in [0.29, 0.717) is 6.54 Å². The Morgan fingerprint density at radius 1 is 1.18 bits per heavy atom. The van der Waals surface area contributed by atoms with Crippen LogP contribution in [0.25, 0.3) is 0 Å². The van der Waals surface area contributed by atoms with Crippen molar-refractivity contribution in [2.24, 2.45) is 5.73 Å². The first-order valence-electron chi connectivity index (χ1n) is 7.50. The first-order valence-corrected chi connectivity index (χ1v) is 8.38. The molecule has 0 aliphatic carbocycles. The minimum absolute atomic E-state index is 0.101. The van der Waals surface area contributed by atoms with Crippen LogP contribution in [-0.2, 0) is 6.54 Å². The molecule has 0 atom stereocenters. The second-order valence-corrected chi connectivity index (χ2v) is 6.22. The number of nitrogens with two attached hydrogens (primary N) is 1. The fourth-order valence-corrected chi connectivity index (χ4v) is 3.35. The number of thiazole rings is 1. The number of amides is 1. The van der Waals surface area contributed by atoms with E-state index < -0.39 is 0 Å². The zero-order chi connectivity index (χ0) is 15.4. The summed E-state index contributed by atoms with van der Waals surface area (Å²) >= 11 is 1.65. The van der Waals surface area contributed by atoms with Crippen LogP contribution in [0.3, 0.4) is 0 Å². The number of hydrogen-bond donors (Lipinski definition) is 1. The summed E-state index contributed by atoms with van der Waals surface area (Å²) in [6.07, 6.45) is 2.79. The van der Waals surface area contributed by atoms with Gasteiger partial charge in [-0.25, -0.2) is 4.98 Å². The van der Waals surface area contributed by atoms with Crippen LogP contribution in [0, 0.1) is 0 Å². The van der Waals surface area contributed by atoms with Crippen molar-refractivity contribution >= 4 is 22.4 Å². The topological polar surface area (TPSA) is 62.5 Å². The van der Waals surface area contributed by atoms with E-state index in [0.717, 1.165) is 48.9 Å². The van der Waals surface area contributed by atoms with Crippen molar-refractivity contribution in [3.63, 3.8) is 0 Å². The number of rotatable bonds is 3. The minimum atomic E-state index is 0.101. The summed E-state index contributed by atoms with van der Waals surface area (Å²) in [4.78, 5) is 21.2. The largest absolute Gasteiger partial charge is 0.346 e. The summed E-state index contributed by atoms with van der Waals surface area (Å²) in [5, 5.41) is 3.03. The van der Waals surface area contributed by atoms with Crippen molar-refractivity contribution in [2.45, 2.75) is 13.0 Å². The van der Waals surface area contributed by atoms with Gasteiger partial charge in [0.1, 0.15) is 0 Å². The smallest absolute Gasteiger partial charge is 0.253 e. The molecule has 2 heterocycles. The van der Waals surface area contributed by atoms with Crippen LogP contribution in [0.15, 0.2) is 35.8 Å². The molecule has 3 rings (SSSR count). The Hall–Kier alpha value is -1.92. The Bertz CT molecular complexity index is 612. The van der Waals surface area contributed by atoms with Crippen molar-refractivity contribution in [3.05, 3.63) is 47.0 Å². The molecule has 1 aromatic carbocycles. The van der Waals surface area contributed by atoms with Crippen molar-refractivity contribution in [3.8, 4) is 0 Å². The van der Waals surface area contributed by atoms with E-state index in [2.05, 4.69) is 9.88 Å². The summed E-state index contributed by atoms with van der Waals surface area (Å²) in [6.45, 7) is 3.81. The van der Waals surface area contributed by atoms with E-state index in [1.165, 1.54) is 0 Å². The molecule has 5 nitrogen and oxygen atoms in total. The highest BCUT2D eigenvalue weighted by Crippen LogP contribution is 2.19. The zero-order valence-electron chi connectivity index (χ0n) is 12.4. The number of hydrogen-bond acceptors (Lipinski definition) is 5. The lowest BCUT2D eigenvalue weighted by atomic mass is 10.1. The van der Waals surface area contributed by atoms with Gasteiger partial charge < -0.3 is 15.5 Å². The van der Waals surface area contributed by atoms with E-state index in [-0.39, 0.29) is 5.91 Å². The molecule has 116 valence electrons. The number of aromatic nitrogens is 1. The van der Waals surface area contributed by atoms with Gasteiger partial charge >= 0.3 is 0 Å². The maximum absolute atomic E-state index is 12.6. The molecule has 1 amide bonds. The molecule has 1 aromatic heterocycles. The highest BCUT2D eigenvalue weighted by Gasteiger charge is 2.21. The van der Waals surface area contributed by atoms with E-state index in [9.17, 15) is 4.79 Å². The van der Waals surface area contributed by atoms with Crippen LogP contribution in [0.4, 0.5) is 5.13 Å². The van der Waals surface area contributed by atoms with Gasteiger partial charge in [-0.2, -0.15) is 0 Å². The summed E-state index contributed by atoms with van der Waals surface area (Å²) in [6, 6.07) is 7.59. The van der Waals surface area contributed by atoms with Crippen LogP contribution in [0.5, 0.6) is 0 Å². The Balaban J connectivity index is 1.66. The van der Waals surface area contributed by atoms with Gasteiger partial charge in [0.25, 0.3) is 5.91 Å². The van der Waals surface area contributed by atoms with Gasteiger partial charge in [0, 0.05) is 49.9 Å². The first kappa shape index (κ1) is 15.0. The maximum atomic E-state index is 12.6. The van der Waals surface area contributed by atoms with Crippen LogP contribution < -0.4 is 10.6 Å². The molecular formula is C16H20N4OS. The second kappa shape index (κ2) is 6.89. The normalized spacial score (nSPS) is 15.7. The highest BCUT2D eigenvalue weighted by molar-refractivity contribution is 7.13. The summed E-state index contributed by atoms with van der Waals surface area (Å²) in [5.41, 5.74) is 7.38. The molecule has 1 saturated heterocycles. The Morgan fingerprint density at radius 3 is 2.68 bits per heavy atom. The molecular weight excluding hydrogens is 296 g/mol. The third kappa shape index (κ3) is 3.28. The predicted octanol–water partition coefficient (Wildman–Crippen LogP) is 1.95. The van der Waals surface area contributed by atoms with Crippen LogP contribution in [0.1, 0.15) is 22.3 Å². The lowest BCUT2D eigenvalue weighted by Crippen LogP contribution is -2.35. The van der Waals surface area contributed by atoms with Crippen molar-refractivity contribution in [2.75, 3.05) is 31.1 Å². The van der Waals surface area contributed by atoms with Gasteiger partial charge in [-0.15, -0.1) is 11.3 Å². The molecule has 0 bridgehead atoms.